The van der Waals surface area contributed by atoms with E-state index < -0.39 is 0 Å². The average molecular weight is 354 g/mol. The molecule has 5 nitrogen and oxygen atoms in total. The van der Waals surface area contributed by atoms with Crippen molar-refractivity contribution < 1.29 is 4.74 Å². The van der Waals surface area contributed by atoms with Gasteiger partial charge in [-0.1, -0.05) is 30.3 Å². The summed E-state index contributed by atoms with van der Waals surface area (Å²) in [7, 11) is 0. The quantitative estimate of drug-likeness (QED) is 0.475. The predicted molar refractivity (Wildman–Crippen MR) is 105 cm³/mol. The van der Waals surface area contributed by atoms with Gasteiger partial charge in [-0.25, -0.2) is 9.97 Å². The van der Waals surface area contributed by atoms with Crippen LogP contribution in [0.2, 0.25) is 0 Å². The molecule has 0 saturated carbocycles. The van der Waals surface area contributed by atoms with E-state index >= 15 is 0 Å². The fraction of sp³-hybridized carbons (Fsp3) is 0.0909. The lowest BCUT2D eigenvalue weighted by atomic mass is 10.2. The Hall–Kier alpha value is -3.60. The number of fused-ring (bicyclic) bond motifs is 3. The molecule has 3 heterocycles. The monoisotopic (exact) mass is 354 g/mol. The van der Waals surface area contributed by atoms with Gasteiger partial charge in [-0.3, -0.25) is 8.97 Å². The van der Waals surface area contributed by atoms with Crippen molar-refractivity contribution in [2.24, 2.45) is 0 Å². The first-order valence-corrected chi connectivity index (χ1v) is 8.87. The first-order chi connectivity index (χ1) is 13.3. The summed E-state index contributed by atoms with van der Waals surface area (Å²) in [6.45, 7) is 2.65. The molecule has 132 valence electrons. The van der Waals surface area contributed by atoms with Crippen LogP contribution in [0, 0.1) is 6.92 Å². The molecular formula is C22H18N4O. The minimum absolute atomic E-state index is 0.553. The van der Waals surface area contributed by atoms with Crippen LogP contribution in [-0.2, 0) is 6.61 Å². The van der Waals surface area contributed by atoms with E-state index in [2.05, 4.69) is 38.0 Å². The fourth-order valence-electron chi connectivity index (χ4n) is 3.40. The molecule has 2 aromatic carbocycles. The Morgan fingerprint density at radius 1 is 0.889 bits per heavy atom. The van der Waals surface area contributed by atoms with E-state index in [1.807, 2.05) is 67.1 Å². The molecule has 0 spiro atoms. The van der Waals surface area contributed by atoms with Gasteiger partial charge < -0.3 is 4.74 Å². The second kappa shape index (κ2) is 6.29. The van der Waals surface area contributed by atoms with Crippen LogP contribution >= 0.6 is 0 Å². The predicted octanol–water partition coefficient (Wildman–Crippen LogP) is 4.56. The van der Waals surface area contributed by atoms with Gasteiger partial charge in [0.1, 0.15) is 12.4 Å². The standard InChI is InChI=1S/C22H18N4O/c1-16-11-12-23-21-20(16)25-14-13-24-22(25)26(21)18-7-9-19(10-8-18)27-15-17-5-3-2-4-6-17/h2-14H,15H2,1H3. The largest absolute Gasteiger partial charge is 0.489 e. The lowest BCUT2D eigenvalue weighted by molar-refractivity contribution is 0.306. The molecule has 0 fully saturated rings. The molecule has 0 saturated heterocycles. The summed E-state index contributed by atoms with van der Waals surface area (Å²) in [5.74, 6) is 1.69. The Morgan fingerprint density at radius 3 is 2.52 bits per heavy atom. The number of hydrogen-bond donors (Lipinski definition) is 0. The topological polar surface area (TPSA) is 44.4 Å². The van der Waals surface area contributed by atoms with Gasteiger partial charge >= 0.3 is 0 Å². The van der Waals surface area contributed by atoms with E-state index in [1.54, 1.807) is 0 Å². The molecular weight excluding hydrogens is 336 g/mol. The van der Waals surface area contributed by atoms with E-state index in [-0.39, 0.29) is 0 Å². The molecule has 0 atom stereocenters. The van der Waals surface area contributed by atoms with Gasteiger partial charge in [-0.15, -0.1) is 0 Å². The molecule has 3 aromatic heterocycles. The van der Waals surface area contributed by atoms with Gasteiger partial charge in [0.25, 0.3) is 0 Å². The fourth-order valence-corrected chi connectivity index (χ4v) is 3.40. The SMILES string of the molecule is Cc1ccnc2c1n1ccnc1n2-c1ccc(OCc2ccccc2)cc1. The molecule has 0 amide bonds. The summed E-state index contributed by atoms with van der Waals surface area (Å²) in [4.78, 5) is 9.12. The van der Waals surface area contributed by atoms with Crippen LogP contribution in [0.5, 0.6) is 5.75 Å². The number of aromatic nitrogens is 4. The number of pyridine rings is 1. The van der Waals surface area contributed by atoms with Crippen LogP contribution in [0.15, 0.2) is 79.3 Å². The van der Waals surface area contributed by atoms with Crippen LogP contribution < -0.4 is 4.74 Å². The lowest BCUT2D eigenvalue weighted by Gasteiger charge is -2.08. The Bertz CT molecular complexity index is 1220. The van der Waals surface area contributed by atoms with Gasteiger partial charge in [-0.2, -0.15) is 0 Å². The Kier molecular flexibility index (Phi) is 3.64. The highest BCUT2D eigenvalue weighted by atomic mass is 16.5. The molecule has 0 aliphatic carbocycles. The van der Waals surface area contributed by atoms with E-state index in [0.29, 0.717) is 6.61 Å². The number of aryl methyl sites for hydroxylation is 1. The second-order valence-corrected chi connectivity index (χ2v) is 6.50. The third-order valence-electron chi connectivity index (χ3n) is 4.72. The first kappa shape index (κ1) is 15.6. The van der Waals surface area contributed by atoms with Crippen LogP contribution in [0.4, 0.5) is 0 Å². The van der Waals surface area contributed by atoms with E-state index in [1.165, 1.54) is 5.56 Å². The minimum atomic E-state index is 0.553. The average Bonchev–Trinajstić information content (AvgIpc) is 3.28. The normalized spacial score (nSPS) is 11.3. The van der Waals surface area contributed by atoms with E-state index in [0.717, 1.165) is 33.9 Å². The Morgan fingerprint density at radius 2 is 1.70 bits per heavy atom. The van der Waals surface area contributed by atoms with Crippen molar-refractivity contribution in [2.45, 2.75) is 13.5 Å². The zero-order valence-electron chi connectivity index (χ0n) is 14.9. The van der Waals surface area contributed by atoms with Crippen molar-refractivity contribution >= 4 is 16.9 Å². The number of nitrogens with zero attached hydrogens (tertiary/aromatic N) is 4. The van der Waals surface area contributed by atoms with E-state index in [9.17, 15) is 0 Å². The summed E-state index contributed by atoms with van der Waals surface area (Å²) < 4.78 is 10.1. The highest BCUT2D eigenvalue weighted by Crippen LogP contribution is 2.26. The van der Waals surface area contributed by atoms with Crippen LogP contribution in [0.1, 0.15) is 11.1 Å². The molecule has 0 aliphatic rings. The maximum atomic E-state index is 5.90. The third-order valence-corrected chi connectivity index (χ3v) is 4.72. The molecule has 0 unspecified atom stereocenters. The lowest BCUT2D eigenvalue weighted by Crippen LogP contribution is -1.98. The number of hydrogen-bond acceptors (Lipinski definition) is 3. The van der Waals surface area contributed by atoms with Gasteiger partial charge in [0.15, 0.2) is 5.65 Å². The van der Waals surface area contributed by atoms with Crippen LogP contribution in [0.25, 0.3) is 22.6 Å². The van der Waals surface area contributed by atoms with Crippen molar-refractivity contribution in [1.29, 1.82) is 0 Å². The highest BCUT2D eigenvalue weighted by molar-refractivity contribution is 5.82. The zero-order valence-corrected chi connectivity index (χ0v) is 14.9. The molecule has 0 aliphatic heterocycles. The molecule has 5 heteroatoms. The second-order valence-electron chi connectivity index (χ2n) is 6.50. The molecule has 0 bridgehead atoms. The Balaban J connectivity index is 1.51. The minimum Gasteiger partial charge on any atom is -0.489 e. The maximum Gasteiger partial charge on any atom is 0.220 e. The summed E-state index contributed by atoms with van der Waals surface area (Å²) in [6, 6.07) is 20.2. The molecule has 5 rings (SSSR count). The molecule has 0 N–H and O–H groups in total. The van der Waals surface area contributed by atoms with Gasteiger partial charge in [0.05, 0.1) is 11.2 Å². The van der Waals surface area contributed by atoms with Crippen molar-refractivity contribution in [3.8, 4) is 11.4 Å². The first-order valence-electron chi connectivity index (χ1n) is 8.87. The van der Waals surface area contributed by atoms with Crippen molar-refractivity contribution in [1.82, 2.24) is 18.9 Å². The van der Waals surface area contributed by atoms with Crippen molar-refractivity contribution in [3.63, 3.8) is 0 Å². The molecule has 5 aromatic rings. The van der Waals surface area contributed by atoms with Gasteiger partial charge in [0, 0.05) is 18.6 Å². The molecule has 27 heavy (non-hydrogen) atoms. The van der Waals surface area contributed by atoms with Gasteiger partial charge in [0.2, 0.25) is 5.78 Å². The summed E-state index contributed by atoms with van der Waals surface area (Å²) >= 11 is 0. The zero-order chi connectivity index (χ0) is 18.2. The molecule has 0 radical (unpaired) electrons. The number of rotatable bonds is 4. The van der Waals surface area contributed by atoms with E-state index in [4.69, 9.17) is 4.74 Å². The highest BCUT2D eigenvalue weighted by Gasteiger charge is 2.15. The summed E-state index contributed by atoms with van der Waals surface area (Å²) in [5.41, 5.74) is 5.30. The third kappa shape index (κ3) is 2.64. The Labute approximate surface area is 156 Å². The van der Waals surface area contributed by atoms with Crippen molar-refractivity contribution in [2.75, 3.05) is 0 Å². The van der Waals surface area contributed by atoms with Gasteiger partial charge in [-0.05, 0) is 48.4 Å². The maximum absolute atomic E-state index is 5.90. The summed E-state index contributed by atoms with van der Waals surface area (Å²) in [5, 5.41) is 0. The smallest absolute Gasteiger partial charge is 0.220 e. The number of ether oxygens (including phenoxy) is 1. The number of benzene rings is 2. The van der Waals surface area contributed by atoms with Crippen LogP contribution in [-0.4, -0.2) is 18.9 Å². The van der Waals surface area contributed by atoms with Crippen LogP contribution in [0.3, 0.4) is 0 Å². The number of imidazole rings is 2. The summed E-state index contributed by atoms with van der Waals surface area (Å²) in [6.07, 6.45) is 5.63. The van der Waals surface area contributed by atoms with Crippen molar-refractivity contribution in [3.05, 3.63) is 90.4 Å².